The number of nitrogens with two attached hydrogens (primary N) is 2. The number of primary amides is 1. The van der Waals surface area contributed by atoms with Gasteiger partial charge in [0, 0.05) is 23.7 Å². The number of rotatable bonds is 5. The summed E-state index contributed by atoms with van der Waals surface area (Å²) >= 11 is 0. The second kappa shape index (κ2) is 7.82. The van der Waals surface area contributed by atoms with Crippen molar-refractivity contribution >= 4 is 11.7 Å². The van der Waals surface area contributed by atoms with E-state index in [9.17, 15) is 4.79 Å². The van der Waals surface area contributed by atoms with Crippen LogP contribution in [0.3, 0.4) is 0 Å². The minimum atomic E-state index is -0.450. The molecule has 5 rings (SSSR count). The Balaban J connectivity index is 1.47. The van der Waals surface area contributed by atoms with E-state index in [1.165, 1.54) is 23.6 Å². The van der Waals surface area contributed by atoms with Crippen molar-refractivity contribution in [2.45, 2.75) is 43.3 Å². The van der Waals surface area contributed by atoms with Crippen molar-refractivity contribution in [3.63, 3.8) is 0 Å². The lowest BCUT2D eigenvalue weighted by Gasteiger charge is -2.39. The molecule has 5 nitrogen and oxygen atoms in total. The molecular formula is C26H28N4O. The van der Waals surface area contributed by atoms with E-state index >= 15 is 0 Å². The van der Waals surface area contributed by atoms with E-state index in [-0.39, 0.29) is 17.6 Å². The molecule has 2 aliphatic carbocycles. The van der Waals surface area contributed by atoms with Crippen LogP contribution in [0.4, 0.5) is 0 Å². The van der Waals surface area contributed by atoms with Gasteiger partial charge in [0.25, 0.3) is 0 Å². The molecule has 5 heteroatoms. The quantitative estimate of drug-likeness (QED) is 0.722. The van der Waals surface area contributed by atoms with E-state index in [1.54, 1.807) is 6.08 Å². The molecule has 3 atom stereocenters. The molecule has 1 aromatic carbocycles. The Morgan fingerprint density at radius 3 is 2.61 bits per heavy atom. The van der Waals surface area contributed by atoms with Crippen molar-refractivity contribution in [3.05, 3.63) is 95.8 Å². The fourth-order valence-corrected chi connectivity index (χ4v) is 4.95. The van der Waals surface area contributed by atoms with E-state index in [0.717, 1.165) is 30.7 Å². The van der Waals surface area contributed by atoms with Gasteiger partial charge in [-0.15, -0.1) is 0 Å². The van der Waals surface area contributed by atoms with Crippen molar-refractivity contribution in [1.29, 1.82) is 0 Å². The Labute approximate surface area is 183 Å². The van der Waals surface area contributed by atoms with Crippen molar-refractivity contribution in [3.8, 4) is 0 Å². The number of allylic oxidation sites excluding steroid dienone is 6. The Morgan fingerprint density at radius 1 is 1.16 bits per heavy atom. The number of amides is 1. The summed E-state index contributed by atoms with van der Waals surface area (Å²) in [6, 6.07) is 8.97. The summed E-state index contributed by atoms with van der Waals surface area (Å²) in [4.78, 5) is 18.5. The Kier molecular flexibility index (Phi) is 4.98. The molecule has 0 saturated heterocycles. The summed E-state index contributed by atoms with van der Waals surface area (Å²) in [5.74, 6) is 0.842. The third-order valence-electron chi connectivity index (χ3n) is 6.86. The molecule has 4 aliphatic rings. The van der Waals surface area contributed by atoms with Crippen molar-refractivity contribution < 1.29 is 4.79 Å². The molecule has 158 valence electrons. The van der Waals surface area contributed by atoms with Crippen molar-refractivity contribution in [1.82, 2.24) is 4.90 Å². The molecular weight excluding hydrogens is 384 g/mol. The molecule has 2 aliphatic heterocycles. The molecule has 1 amide bonds. The first kappa shape index (κ1) is 19.8. The number of nitrogens with zero attached hydrogens (tertiary/aromatic N) is 2. The fourth-order valence-electron chi connectivity index (χ4n) is 4.95. The third-order valence-corrected chi connectivity index (χ3v) is 6.86. The van der Waals surface area contributed by atoms with Crippen LogP contribution in [0.1, 0.15) is 42.9 Å². The van der Waals surface area contributed by atoms with Crippen LogP contribution in [-0.2, 0) is 10.3 Å². The van der Waals surface area contributed by atoms with Gasteiger partial charge in [-0.25, -0.2) is 0 Å². The van der Waals surface area contributed by atoms with Gasteiger partial charge < -0.3 is 16.4 Å². The molecule has 0 bridgehead atoms. The summed E-state index contributed by atoms with van der Waals surface area (Å²) in [6.45, 7) is 0. The second-order valence-corrected chi connectivity index (χ2v) is 8.87. The molecule has 1 saturated carbocycles. The van der Waals surface area contributed by atoms with E-state index in [2.05, 4.69) is 59.7 Å². The lowest BCUT2D eigenvalue weighted by atomic mass is 9.72. The highest BCUT2D eigenvalue weighted by Gasteiger charge is 2.41. The number of carbonyl (C=O) groups excluding carboxylic acids is 1. The minimum Gasteiger partial charge on any atom is -0.366 e. The van der Waals surface area contributed by atoms with E-state index in [1.807, 2.05) is 12.2 Å². The summed E-state index contributed by atoms with van der Waals surface area (Å²) in [5.41, 5.74) is 15.0. The van der Waals surface area contributed by atoms with Gasteiger partial charge in [0.2, 0.25) is 5.91 Å². The molecule has 0 spiro atoms. The van der Waals surface area contributed by atoms with Gasteiger partial charge >= 0.3 is 0 Å². The summed E-state index contributed by atoms with van der Waals surface area (Å²) < 4.78 is 0. The number of hydrogen-bond acceptors (Lipinski definition) is 4. The largest absolute Gasteiger partial charge is 0.366 e. The molecule has 2 heterocycles. The molecule has 1 fully saturated rings. The normalized spacial score (nSPS) is 28.3. The Bertz CT molecular complexity index is 1050. The van der Waals surface area contributed by atoms with Crippen LogP contribution in [0.15, 0.2) is 89.6 Å². The standard InChI is InChI=1S/C26H28N4O/c27-22(31)13-7-18-8-14-23-29-24(25(30(23)17-18)20-5-2-1-3-6-20)19-9-11-21(12-10-19)26(28)15-4-16-26/h1-3,5,7-14,17,20,24-25H,4,6,15-16,28H2,(H2,27,31)/b13-7+. The zero-order valence-electron chi connectivity index (χ0n) is 17.5. The first-order valence-corrected chi connectivity index (χ1v) is 11.0. The number of fused-ring (bicyclic) bond motifs is 1. The predicted molar refractivity (Wildman–Crippen MR) is 124 cm³/mol. The van der Waals surface area contributed by atoms with E-state index < -0.39 is 5.91 Å². The molecule has 0 radical (unpaired) electrons. The highest BCUT2D eigenvalue weighted by atomic mass is 16.1. The summed E-state index contributed by atoms with van der Waals surface area (Å²) in [7, 11) is 0. The van der Waals surface area contributed by atoms with Crippen LogP contribution < -0.4 is 11.5 Å². The molecule has 31 heavy (non-hydrogen) atoms. The minimum absolute atomic E-state index is 0.0284. The lowest BCUT2D eigenvalue weighted by Crippen LogP contribution is -2.43. The zero-order chi connectivity index (χ0) is 21.4. The first-order chi connectivity index (χ1) is 15.0. The SMILES string of the molecule is NC(=O)/C=C/C1=CN2C(=NC(c3ccc(C4(N)CCC4)cc3)C2C2C=CC=CC2)C=C1. The fraction of sp³-hybridized carbons (Fsp3) is 0.308. The van der Waals surface area contributed by atoms with Gasteiger partial charge in [0.15, 0.2) is 0 Å². The van der Waals surface area contributed by atoms with Gasteiger partial charge in [0.05, 0.1) is 12.1 Å². The van der Waals surface area contributed by atoms with E-state index in [4.69, 9.17) is 16.5 Å². The van der Waals surface area contributed by atoms with Gasteiger partial charge in [-0.1, -0.05) is 48.6 Å². The molecule has 4 N–H and O–H groups in total. The second-order valence-electron chi connectivity index (χ2n) is 8.87. The molecule has 3 unspecified atom stereocenters. The van der Waals surface area contributed by atoms with Crippen LogP contribution in [0.25, 0.3) is 0 Å². The average molecular weight is 413 g/mol. The van der Waals surface area contributed by atoms with Gasteiger partial charge in [-0.3, -0.25) is 9.79 Å². The van der Waals surface area contributed by atoms with Crippen LogP contribution in [0.2, 0.25) is 0 Å². The predicted octanol–water partition coefficient (Wildman–Crippen LogP) is 3.78. The maximum absolute atomic E-state index is 11.2. The van der Waals surface area contributed by atoms with Crippen molar-refractivity contribution in [2.75, 3.05) is 0 Å². The van der Waals surface area contributed by atoms with Crippen molar-refractivity contribution in [2.24, 2.45) is 22.4 Å². The number of benzene rings is 1. The van der Waals surface area contributed by atoms with Gasteiger partial charge in [-0.2, -0.15) is 0 Å². The zero-order valence-corrected chi connectivity index (χ0v) is 17.5. The summed E-state index contributed by atoms with van der Waals surface area (Å²) in [6.07, 6.45) is 22.2. The molecule has 0 aromatic heterocycles. The highest BCUT2D eigenvalue weighted by Crippen LogP contribution is 2.42. The van der Waals surface area contributed by atoms with Gasteiger partial charge in [-0.05, 0) is 60.6 Å². The highest BCUT2D eigenvalue weighted by molar-refractivity contribution is 5.97. The monoisotopic (exact) mass is 412 g/mol. The number of amidine groups is 1. The Hall–Kier alpha value is -3.18. The van der Waals surface area contributed by atoms with Crippen LogP contribution >= 0.6 is 0 Å². The topological polar surface area (TPSA) is 84.7 Å². The smallest absolute Gasteiger partial charge is 0.241 e. The lowest BCUT2D eigenvalue weighted by molar-refractivity contribution is -0.113. The number of hydrogen-bond donors (Lipinski definition) is 2. The summed E-state index contributed by atoms with van der Waals surface area (Å²) in [5, 5.41) is 0. The third kappa shape index (κ3) is 3.70. The maximum Gasteiger partial charge on any atom is 0.241 e. The van der Waals surface area contributed by atoms with Crippen LogP contribution in [0.5, 0.6) is 0 Å². The van der Waals surface area contributed by atoms with E-state index in [0.29, 0.717) is 5.92 Å². The average Bonchev–Trinajstić information content (AvgIpc) is 3.15. The maximum atomic E-state index is 11.2. The van der Waals surface area contributed by atoms with Crippen LogP contribution in [0, 0.1) is 5.92 Å². The number of aliphatic imine (C=N–C) groups is 1. The molecule has 1 aromatic rings. The number of carbonyl (C=O) groups is 1. The Morgan fingerprint density at radius 2 is 1.97 bits per heavy atom. The first-order valence-electron chi connectivity index (χ1n) is 11.0. The van der Waals surface area contributed by atoms with Gasteiger partial charge in [0.1, 0.15) is 5.84 Å². The van der Waals surface area contributed by atoms with Crippen LogP contribution in [-0.4, -0.2) is 22.7 Å².